The predicted octanol–water partition coefficient (Wildman–Crippen LogP) is 3.26. The van der Waals surface area contributed by atoms with Gasteiger partial charge in [0.05, 0.1) is 0 Å². The van der Waals surface area contributed by atoms with Gasteiger partial charge in [0.2, 0.25) is 0 Å². The van der Waals surface area contributed by atoms with Gasteiger partial charge in [-0.05, 0) is 57.5 Å². The van der Waals surface area contributed by atoms with Crippen LogP contribution in [0, 0.1) is 11.3 Å². The highest BCUT2D eigenvalue weighted by atomic mass is 15.2. The minimum Gasteiger partial charge on any atom is -0.330 e. The van der Waals surface area contributed by atoms with Crippen LogP contribution >= 0.6 is 0 Å². The average Bonchev–Trinajstić information content (AvgIpc) is 2.28. The molecule has 2 nitrogen and oxygen atoms in total. The fourth-order valence-electron chi connectivity index (χ4n) is 3.40. The normalized spacial score (nSPS) is 30.2. The second kappa shape index (κ2) is 6.75. The van der Waals surface area contributed by atoms with E-state index in [4.69, 9.17) is 5.73 Å². The standard InChI is InChI=1S/C15H32N2/c1-5-9-17(13(2)3)12-15(11-16)8-6-7-14(4)10-15/h13-14H,5-12,16H2,1-4H3. The molecule has 102 valence electrons. The highest BCUT2D eigenvalue weighted by Gasteiger charge is 2.35. The molecule has 1 aliphatic carbocycles. The molecule has 0 spiro atoms. The van der Waals surface area contributed by atoms with Gasteiger partial charge in [-0.1, -0.05) is 26.7 Å². The molecule has 1 aliphatic rings. The molecule has 1 fully saturated rings. The van der Waals surface area contributed by atoms with Gasteiger partial charge in [0.15, 0.2) is 0 Å². The van der Waals surface area contributed by atoms with Crippen molar-refractivity contribution >= 4 is 0 Å². The summed E-state index contributed by atoms with van der Waals surface area (Å²) in [4.78, 5) is 2.63. The van der Waals surface area contributed by atoms with E-state index in [0.29, 0.717) is 11.5 Å². The summed E-state index contributed by atoms with van der Waals surface area (Å²) in [6, 6.07) is 0.649. The number of rotatable bonds is 6. The minimum atomic E-state index is 0.400. The zero-order valence-corrected chi connectivity index (χ0v) is 12.3. The Balaban J connectivity index is 2.65. The van der Waals surface area contributed by atoms with Crippen LogP contribution in [0.5, 0.6) is 0 Å². The lowest BCUT2D eigenvalue weighted by atomic mass is 9.69. The Hall–Kier alpha value is -0.0800. The molecule has 0 aromatic heterocycles. The molecule has 0 amide bonds. The van der Waals surface area contributed by atoms with Crippen LogP contribution in [0.3, 0.4) is 0 Å². The molecule has 0 heterocycles. The monoisotopic (exact) mass is 240 g/mol. The average molecular weight is 240 g/mol. The molecular formula is C15H32N2. The topological polar surface area (TPSA) is 29.3 Å². The summed E-state index contributed by atoms with van der Waals surface area (Å²) in [5.41, 5.74) is 6.52. The van der Waals surface area contributed by atoms with E-state index in [2.05, 4.69) is 32.6 Å². The summed E-state index contributed by atoms with van der Waals surface area (Å²) >= 11 is 0. The second-order valence-electron chi connectivity index (χ2n) is 6.47. The van der Waals surface area contributed by atoms with Gasteiger partial charge in [-0.15, -0.1) is 0 Å². The van der Waals surface area contributed by atoms with E-state index in [1.165, 1.54) is 45.2 Å². The van der Waals surface area contributed by atoms with E-state index in [1.54, 1.807) is 0 Å². The van der Waals surface area contributed by atoms with Gasteiger partial charge in [-0.25, -0.2) is 0 Å². The van der Waals surface area contributed by atoms with E-state index in [-0.39, 0.29) is 0 Å². The number of hydrogen-bond acceptors (Lipinski definition) is 2. The SMILES string of the molecule is CCCN(CC1(CN)CCCC(C)C1)C(C)C. The van der Waals surface area contributed by atoms with Crippen molar-refractivity contribution in [3.63, 3.8) is 0 Å². The minimum absolute atomic E-state index is 0.400. The molecule has 2 atom stereocenters. The quantitative estimate of drug-likeness (QED) is 0.772. The summed E-state index contributed by atoms with van der Waals surface area (Å²) in [5.74, 6) is 0.864. The molecule has 0 aliphatic heterocycles. The maximum Gasteiger partial charge on any atom is 0.00529 e. The third-order valence-electron chi connectivity index (χ3n) is 4.40. The van der Waals surface area contributed by atoms with Crippen molar-refractivity contribution in [2.45, 2.75) is 65.8 Å². The van der Waals surface area contributed by atoms with Crippen LogP contribution in [0.15, 0.2) is 0 Å². The zero-order valence-electron chi connectivity index (χ0n) is 12.3. The van der Waals surface area contributed by atoms with Crippen molar-refractivity contribution in [3.8, 4) is 0 Å². The van der Waals surface area contributed by atoms with Gasteiger partial charge in [0.1, 0.15) is 0 Å². The van der Waals surface area contributed by atoms with Crippen molar-refractivity contribution in [3.05, 3.63) is 0 Å². The van der Waals surface area contributed by atoms with Crippen molar-refractivity contribution in [1.29, 1.82) is 0 Å². The van der Waals surface area contributed by atoms with Crippen molar-refractivity contribution < 1.29 is 0 Å². The lowest BCUT2D eigenvalue weighted by Gasteiger charge is -2.44. The van der Waals surface area contributed by atoms with Gasteiger partial charge in [-0.3, -0.25) is 0 Å². The fraction of sp³-hybridized carbons (Fsp3) is 1.00. The summed E-state index contributed by atoms with van der Waals surface area (Å²) < 4.78 is 0. The van der Waals surface area contributed by atoms with Crippen molar-refractivity contribution in [2.75, 3.05) is 19.6 Å². The van der Waals surface area contributed by atoms with Crippen LogP contribution in [0.1, 0.15) is 59.8 Å². The van der Waals surface area contributed by atoms with Crippen LogP contribution in [0.25, 0.3) is 0 Å². The Morgan fingerprint density at radius 2 is 2.12 bits per heavy atom. The van der Waals surface area contributed by atoms with E-state index >= 15 is 0 Å². The molecule has 0 saturated heterocycles. The van der Waals surface area contributed by atoms with Crippen molar-refractivity contribution in [1.82, 2.24) is 4.90 Å². The summed E-state index contributed by atoms with van der Waals surface area (Å²) in [6.07, 6.45) is 6.68. The molecule has 2 heteroatoms. The van der Waals surface area contributed by atoms with Gasteiger partial charge < -0.3 is 10.6 Å². The van der Waals surface area contributed by atoms with Gasteiger partial charge in [-0.2, -0.15) is 0 Å². The molecule has 2 N–H and O–H groups in total. The highest BCUT2D eigenvalue weighted by molar-refractivity contribution is 4.89. The number of nitrogens with zero attached hydrogens (tertiary/aromatic N) is 1. The Labute approximate surface area is 108 Å². The van der Waals surface area contributed by atoms with E-state index in [9.17, 15) is 0 Å². The van der Waals surface area contributed by atoms with Gasteiger partial charge >= 0.3 is 0 Å². The number of nitrogens with two attached hydrogens (primary N) is 1. The Morgan fingerprint density at radius 1 is 1.41 bits per heavy atom. The molecule has 0 radical (unpaired) electrons. The lowest BCUT2D eigenvalue weighted by molar-refractivity contribution is 0.0721. The van der Waals surface area contributed by atoms with Crippen LogP contribution < -0.4 is 5.73 Å². The first kappa shape index (κ1) is 15.0. The smallest absolute Gasteiger partial charge is 0.00529 e. The first-order valence-electron chi connectivity index (χ1n) is 7.47. The fourth-order valence-corrected chi connectivity index (χ4v) is 3.40. The lowest BCUT2D eigenvalue weighted by Crippen LogP contribution is -2.47. The first-order chi connectivity index (χ1) is 8.03. The molecule has 1 rings (SSSR count). The predicted molar refractivity (Wildman–Crippen MR) is 76.1 cm³/mol. The molecule has 1 saturated carbocycles. The largest absolute Gasteiger partial charge is 0.330 e. The Morgan fingerprint density at radius 3 is 2.59 bits per heavy atom. The molecule has 17 heavy (non-hydrogen) atoms. The molecular weight excluding hydrogens is 208 g/mol. The highest BCUT2D eigenvalue weighted by Crippen LogP contribution is 2.39. The summed E-state index contributed by atoms with van der Waals surface area (Å²) in [6.45, 7) is 12.6. The third kappa shape index (κ3) is 4.26. The number of hydrogen-bond donors (Lipinski definition) is 1. The third-order valence-corrected chi connectivity index (χ3v) is 4.40. The first-order valence-corrected chi connectivity index (χ1v) is 7.47. The van der Waals surface area contributed by atoms with Gasteiger partial charge in [0.25, 0.3) is 0 Å². The van der Waals surface area contributed by atoms with Crippen LogP contribution in [0.4, 0.5) is 0 Å². The zero-order chi connectivity index (χ0) is 12.9. The van der Waals surface area contributed by atoms with E-state index in [1.807, 2.05) is 0 Å². The van der Waals surface area contributed by atoms with Crippen molar-refractivity contribution in [2.24, 2.45) is 17.1 Å². The van der Waals surface area contributed by atoms with Crippen LogP contribution in [-0.4, -0.2) is 30.6 Å². The maximum atomic E-state index is 6.12. The van der Waals surface area contributed by atoms with Gasteiger partial charge in [0, 0.05) is 12.6 Å². The van der Waals surface area contributed by atoms with E-state index < -0.39 is 0 Å². The molecule has 0 aromatic carbocycles. The molecule has 0 aromatic rings. The summed E-state index contributed by atoms with van der Waals surface area (Å²) in [7, 11) is 0. The van der Waals surface area contributed by atoms with Crippen LogP contribution in [-0.2, 0) is 0 Å². The van der Waals surface area contributed by atoms with E-state index in [0.717, 1.165) is 12.5 Å². The maximum absolute atomic E-state index is 6.12. The summed E-state index contributed by atoms with van der Waals surface area (Å²) in [5, 5.41) is 0. The van der Waals surface area contributed by atoms with Crippen LogP contribution in [0.2, 0.25) is 0 Å². The second-order valence-corrected chi connectivity index (χ2v) is 6.47. The molecule has 2 unspecified atom stereocenters. The Bertz CT molecular complexity index is 215. The molecule has 0 bridgehead atoms. The Kier molecular flexibility index (Phi) is 5.94.